The van der Waals surface area contributed by atoms with E-state index in [1.807, 2.05) is 38.1 Å². The van der Waals surface area contributed by atoms with Crippen LogP contribution in [0.5, 0.6) is 0 Å². The molecule has 0 unspecified atom stereocenters. The van der Waals surface area contributed by atoms with Crippen LogP contribution < -0.4 is 0 Å². The van der Waals surface area contributed by atoms with Crippen molar-refractivity contribution in [1.29, 1.82) is 0 Å². The first-order chi connectivity index (χ1) is 8.70. The minimum atomic E-state index is 0.379. The molecule has 18 heavy (non-hydrogen) atoms. The summed E-state index contributed by atoms with van der Waals surface area (Å²) in [7, 11) is 0. The lowest BCUT2D eigenvalue weighted by molar-refractivity contribution is 0.564. The number of fused-ring (bicyclic) bond motifs is 1. The number of nitrogens with zero attached hydrogens (tertiary/aromatic N) is 2. The number of hydrogen-bond donors (Lipinski definition) is 0. The molecule has 2 aromatic carbocycles. The lowest BCUT2D eigenvalue weighted by atomic mass is 9.97. The van der Waals surface area contributed by atoms with Crippen LogP contribution in [0.1, 0.15) is 11.1 Å². The van der Waals surface area contributed by atoms with E-state index < -0.39 is 0 Å². The van der Waals surface area contributed by atoms with Gasteiger partial charge in [-0.1, -0.05) is 24.3 Å². The first-order valence-electron chi connectivity index (χ1n) is 5.38. The molecule has 0 N–H and O–H groups in total. The minimum absolute atomic E-state index is 0.379. The van der Waals surface area contributed by atoms with Crippen LogP contribution in [-0.2, 0) is 9.59 Å². The first-order valence-corrected chi connectivity index (χ1v) is 5.38. The van der Waals surface area contributed by atoms with E-state index in [2.05, 4.69) is 9.98 Å². The highest BCUT2D eigenvalue weighted by Crippen LogP contribution is 2.40. The van der Waals surface area contributed by atoms with Crippen molar-refractivity contribution in [3.63, 3.8) is 0 Å². The van der Waals surface area contributed by atoms with E-state index in [9.17, 15) is 9.59 Å². The maximum absolute atomic E-state index is 10.5. The molecule has 0 aliphatic heterocycles. The highest BCUT2D eigenvalue weighted by molar-refractivity contribution is 5.98. The molecule has 2 rings (SSSR count). The third-order valence-electron chi connectivity index (χ3n) is 2.98. The summed E-state index contributed by atoms with van der Waals surface area (Å²) in [5.74, 6) is 0. The van der Waals surface area contributed by atoms with E-state index in [1.165, 1.54) is 12.2 Å². The maximum atomic E-state index is 10.5. The number of benzene rings is 2. The number of aliphatic imine (C=N–C) groups is 2. The summed E-state index contributed by atoms with van der Waals surface area (Å²) in [6, 6.07) is 7.70. The van der Waals surface area contributed by atoms with Gasteiger partial charge in [0.05, 0.1) is 0 Å². The van der Waals surface area contributed by atoms with Crippen LogP contribution in [0, 0.1) is 13.8 Å². The van der Waals surface area contributed by atoms with Crippen molar-refractivity contribution >= 4 is 34.3 Å². The Morgan fingerprint density at radius 3 is 1.56 bits per heavy atom. The first kappa shape index (κ1) is 11.9. The monoisotopic (exact) mass is 238 g/mol. The van der Waals surface area contributed by atoms with Gasteiger partial charge in [-0.05, 0) is 35.7 Å². The molecule has 0 saturated carbocycles. The molecule has 0 fully saturated rings. The van der Waals surface area contributed by atoms with E-state index in [1.54, 1.807) is 0 Å². The molecule has 88 valence electrons. The van der Waals surface area contributed by atoms with Gasteiger partial charge in [0.25, 0.3) is 0 Å². The minimum Gasteiger partial charge on any atom is -0.211 e. The van der Waals surface area contributed by atoms with E-state index in [-0.39, 0.29) is 0 Å². The molecule has 4 nitrogen and oxygen atoms in total. The van der Waals surface area contributed by atoms with Gasteiger partial charge in [0, 0.05) is 0 Å². The van der Waals surface area contributed by atoms with Crippen LogP contribution in [0.15, 0.2) is 34.3 Å². The van der Waals surface area contributed by atoms with Crippen molar-refractivity contribution in [2.24, 2.45) is 9.98 Å². The van der Waals surface area contributed by atoms with Gasteiger partial charge < -0.3 is 0 Å². The smallest absolute Gasteiger partial charge is 0.211 e. The predicted octanol–water partition coefficient (Wildman–Crippen LogP) is 3.39. The predicted molar refractivity (Wildman–Crippen MR) is 69.0 cm³/mol. The highest BCUT2D eigenvalue weighted by Gasteiger charge is 2.13. The molecule has 4 heteroatoms. The number of isocyanates is 2. The van der Waals surface area contributed by atoms with Crippen molar-refractivity contribution in [3.8, 4) is 0 Å². The SMILES string of the molecule is Cc1c(N=C=O)c(N=C=O)c(C)c2ccccc12. The lowest BCUT2D eigenvalue weighted by Crippen LogP contribution is -1.86. The molecule has 0 atom stereocenters. The molecule has 0 aromatic heterocycles. The Kier molecular flexibility index (Phi) is 3.16. The summed E-state index contributed by atoms with van der Waals surface area (Å²) in [5.41, 5.74) is 2.36. The molecule has 0 aliphatic carbocycles. The topological polar surface area (TPSA) is 58.9 Å². The maximum Gasteiger partial charge on any atom is 0.240 e. The molecule has 2 aromatic rings. The molecule has 0 amide bonds. The summed E-state index contributed by atoms with van der Waals surface area (Å²) in [6.07, 6.45) is 3.00. The van der Waals surface area contributed by atoms with Crippen molar-refractivity contribution in [1.82, 2.24) is 0 Å². The molecule has 0 heterocycles. The van der Waals surface area contributed by atoms with Crippen LogP contribution in [0.2, 0.25) is 0 Å². The summed E-state index contributed by atoms with van der Waals surface area (Å²) < 4.78 is 0. The van der Waals surface area contributed by atoms with Crippen LogP contribution in [0.25, 0.3) is 10.8 Å². The quantitative estimate of drug-likeness (QED) is 0.594. The molecule has 0 bridgehead atoms. The molecule has 0 spiro atoms. The zero-order valence-corrected chi connectivity index (χ0v) is 10.0. The Morgan fingerprint density at radius 1 is 0.833 bits per heavy atom. The van der Waals surface area contributed by atoms with Gasteiger partial charge in [-0.15, -0.1) is 0 Å². The summed E-state index contributed by atoms with van der Waals surface area (Å²) in [6.45, 7) is 3.67. The van der Waals surface area contributed by atoms with E-state index in [0.29, 0.717) is 11.4 Å². The molecule has 0 aliphatic rings. The summed E-state index contributed by atoms with van der Waals surface area (Å²) in [4.78, 5) is 28.3. The van der Waals surface area contributed by atoms with Crippen molar-refractivity contribution in [2.75, 3.05) is 0 Å². The standard InChI is InChI=1S/C14H10N2O2/c1-9-11-5-3-4-6-12(11)10(2)14(16-8-18)13(9)15-7-17/h3-6H,1-2H3. The van der Waals surface area contributed by atoms with Gasteiger partial charge in [0.15, 0.2) is 0 Å². The lowest BCUT2D eigenvalue weighted by Gasteiger charge is -2.11. The zero-order valence-electron chi connectivity index (χ0n) is 10.0. The number of aryl methyl sites for hydroxylation is 2. The number of hydrogen-bond acceptors (Lipinski definition) is 4. The molecule has 0 saturated heterocycles. The van der Waals surface area contributed by atoms with Crippen LogP contribution in [0.3, 0.4) is 0 Å². The second kappa shape index (κ2) is 4.76. The summed E-state index contributed by atoms with van der Waals surface area (Å²) >= 11 is 0. The van der Waals surface area contributed by atoms with Gasteiger partial charge in [-0.2, -0.15) is 9.98 Å². The Labute approximate surface area is 104 Å². The van der Waals surface area contributed by atoms with E-state index in [4.69, 9.17) is 0 Å². The van der Waals surface area contributed by atoms with Crippen molar-refractivity contribution in [2.45, 2.75) is 13.8 Å². The highest BCUT2D eigenvalue weighted by atomic mass is 16.1. The third-order valence-corrected chi connectivity index (χ3v) is 2.98. The van der Waals surface area contributed by atoms with Gasteiger partial charge in [-0.3, -0.25) is 0 Å². The van der Waals surface area contributed by atoms with Gasteiger partial charge in [0.2, 0.25) is 12.2 Å². The fourth-order valence-electron chi connectivity index (χ4n) is 2.11. The van der Waals surface area contributed by atoms with E-state index >= 15 is 0 Å². The van der Waals surface area contributed by atoms with Crippen molar-refractivity contribution < 1.29 is 9.59 Å². The van der Waals surface area contributed by atoms with Gasteiger partial charge in [-0.25, -0.2) is 9.59 Å². The summed E-state index contributed by atoms with van der Waals surface area (Å²) in [5, 5.41) is 1.96. The fraction of sp³-hybridized carbons (Fsp3) is 0.143. The van der Waals surface area contributed by atoms with Crippen LogP contribution in [-0.4, -0.2) is 12.2 Å². The largest absolute Gasteiger partial charge is 0.240 e. The zero-order chi connectivity index (χ0) is 13.1. The second-order valence-corrected chi connectivity index (χ2v) is 3.90. The Bertz CT molecular complexity index is 660. The Hall–Kier alpha value is -2.54. The number of rotatable bonds is 2. The molecular formula is C14H10N2O2. The van der Waals surface area contributed by atoms with Crippen LogP contribution in [0.4, 0.5) is 11.4 Å². The third kappa shape index (κ3) is 1.76. The van der Waals surface area contributed by atoms with Gasteiger partial charge >= 0.3 is 0 Å². The Balaban J connectivity index is 3.04. The number of carbonyl (C=O) groups excluding carboxylic acids is 2. The van der Waals surface area contributed by atoms with Crippen LogP contribution >= 0.6 is 0 Å². The van der Waals surface area contributed by atoms with E-state index in [0.717, 1.165) is 21.9 Å². The normalized spacial score (nSPS) is 9.67. The average Bonchev–Trinajstić information content (AvgIpc) is 2.40. The molecule has 0 radical (unpaired) electrons. The van der Waals surface area contributed by atoms with Gasteiger partial charge in [0.1, 0.15) is 11.4 Å². The fourth-order valence-corrected chi connectivity index (χ4v) is 2.11. The van der Waals surface area contributed by atoms with Crippen molar-refractivity contribution in [3.05, 3.63) is 35.4 Å². The Morgan fingerprint density at radius 2 is 1.22 bits per heavy atom. The second-order valence-electron chi connectivity index (χ2n) is 3.90. The molecular weight excluding hydrogens is 228 g/mol. The average molecular weight is 238 g/mol.